The van der Waals surface area contributed by atoms with Crippen LogP contribution in [0.3, 0.4) is 0 Å². The topological polar surface area (TPSA) is 63.0 Å². The van der Waals surface area contributed by atoms with Gasteiger partial charge in [-0.05, 0) is 19.4 Å². The van der Waals surface area contributed by atoms with Gasteiger partial charge in [0.05, 0.1) is 31.4 Å². The van der Waals surface area contributed by atoms with Crippen LogP contribution in [-0.2, 0) is 16.1 Å². The molecule has 5 rings (SSSR count). The lowest BCUT2D eigenvalue weighted by molar-refractivity contribution is -0.133. The Morgan fingerprint density at radius 1 is 1.14 bits per heavy atom. The molecule has 0 spiro atoms. The van der Waals surface area contributed by atoms with Crippen molar-refractivity contribution in [3.05, 3.63) is 59.4 Å². The second-order valence-corrected chi connectivity index (χ2v) is 7.89. The summed E-state index contributed by atoms with van der Waals surface area (Å²) in [6.45, 7) is 6.67. The van der Waals surface area contributed by atoms with E-state index >= 15 is 0 Å². The Labute approximate surface area is 169 Å². The summed E-state index contributed by atoms with van der Waals surface area (Å²) < 4.78 is 8.03. The SMILES string of the molecule is Cc1nc2ccnn2c(N2C[C@@H]3OCCC(=O)N(Cc4ccccc4)[C@H]3C2)c1C. The van der Waals surface area contributed by atoms with Crippen LogP contribution in [0.2, 0.25) is 0 Å². The van der Waals surface area contributed by atoms with Crippen LogP contribution in [0.15, 0.2) is 42.6 Å². The molecule has 4 heterocycles. The van der Waals surface area contributed by atoms with E-state index in [2.05, 4.69) is 34.0 Å². The number of nitrogens with zero attached hydrogens (tertiary/aromatic N) is 5. The molecule has 0 aliphatic carbocycles. The van der Waals surface area contributed by atoms with Gasteiger partial charge < -0.3 is 14.5 Å². The van der Waals surface area contributed by atoms with Crippen molar-refractivity contribution in [1.29, 1.82) is 0 Å². The summed E-state index contributed by atoms with van der Waals surface area (Å²) in [5.41, 5.74) is 4.09. The first kappa shape index (κ1) is 18.1. The fourth-order valence-corrected chi connectivity index (χ4v) is 4.50. The highest BCUT2D eigenvalue weighted by atomic mass is 16.5. The Hall–Kier alpha value is -2.93. The van der Waals surface area contributed by atoms with Gasteiger partial charge in [0.2, 0.25) is 5.91 Å². The molecule has 1 amide bonds. The van der Waals surface area contributed by atoms with Crippen molar-refractivity contribution in [1.82, 2.24) is 19.5 Å². The number of hydrogen-bond donors (Lipinski definition) is 0. The van der Waals surface area contributed by atoms with E-state index in [1.807, 2.05) is 40.6 Å². The van der Waals surface area contributed by atoms with Gasteiger partial charge in [-0.15, -0.1) is 0 Å². The lowest BCUT2D eigenvalue weighted by Crippen LogP contribution is -2.45. The number of benzene rings is 1. The largest absolute Gasteiger partial charge is 0.374 e. The molecular formula is C22H25N5O2. The van der Waals surface area contributed by atoms with Crippen molar-refractivity contribution in [2.45, 2.75) is 39.0 Å². The number of carbonyl (C=O) groups is 1. The minimum atomic E-state index is -0.0105. The van der Waals surface area contributed by atoms with Gasteiger partial charge in [-0.1, -0.05) is 30.3 Å². The average molecular weight is 391 g/mol. The number of carbonyl (C=O) groups excluding carboxylic acids is 1. The number of hydrogen-bond acceptors (Lipinski definition) is 5. The number of anilines is 1. The lowest BCUT2D eigenvalue weighted by Gasteiger charge is -2.30. The standard InChI is InChI=1S/C22H25N5O2/c1-15-16(2)24-20-8-10-23-27(20)22(15)25-13-18-19(14-25)29-11-9-21(28)26(18)12-17-6-4-3-5-7-17/h3-8,10,18-19H,9,11-14H2,1-2H3/t18-,19-/m0/s1. The minimum absolute atomic E-state index is 0.0105. The van der Waals surface area contributed by atoms with Gasteiger partial charge in [-0.25, -0.2) is 4.98 Å². The van der Waals surface area contributed by atoms with Crippen molar-refractivity contribution >= 4 is 17.4 Å². The fraction of sp³-hybridized carbons (Fsp3) is 0.409. The predicted molar refractivity (Wildman–Crippen MR) is 110 cm³/mol. The van der Waals surface area contributed by atoms with Crippen molar-refractivity contribution < 1.29 is 9.53 Å². The van der Waals surface area contributed by atoms with Crippen molar-refractivity contribution in [2.24, 2.45) is 0 Å². The number of aryl methyl sites for hydroxylation is 1. The number of rotatable bonds is 3. The summed E-state index contributed by atoms with van der Waals surface area (Å²) in [4.78, 5) is 21.8. The normalized spacial score (nSPS) is 22.2. The first-order valence-electron chi connectivity index (χ1n) is 10.1. The monoisotopic (exact) mass is 391 g/mol. The quantitative estimate of drug-likeness (QED) is 0.686. The third kappa shape index (κ3) is 3.15. The average Bonchev–Trinajstić information content (AvgIpc) is 3.31. The van der Waals surface area contributed by atoms with Gasteiger partial charge in [0.15, 0.2) is 5.65 Å². The van der Waals surface area contributed by atoms with E-state index in [1.54, 1.807) is 6.20 Å². The maximum Gasteiger partial charge on any atom is 0.225 e. The highest BCUT2D eigenvalue weighted by Crippen LogP contribution is 2.31. The number of aromatic nitrogens is 3. The zero-order valence-corrected chi connectivity index (χ0v) is 16.8. The van der Waals surface area contributed by atoms with Crippen LogP contribution in [0.5, 0.6) is 0 Å². The summed E-state index contributed by atoms with van der Waals surface area (Å²) in [7, 11) is 0. The molecule has 0 unspecified atom stereocenters. The second-order valence-electron chi connectivity index (χ2n) is 7.89. The summed E-state index contributed by atoms with van der Waals surface area (Å²) >= 11 is 0. The Kier molecular flexibility index (Phi) is 4.47. The highest BCUT2D eigenvalue weighted by molar-refractivity contribution is 5.77. The summed E-state index contributed by atoms with van der Waals surface area (Å²) in [6, 6.07) is 12.1. The van der Waals surface area contributed by atoms with Crippen LogP contribution in [0.25, 0.3) is 5.65 Å². The number of fused-ring (bicyclic) bond motifs is 2. The van der Waals surface area contributed by atoms with E-state index in [1.165, 1.54) is 0 Å². The van der Waals surface area contributed by atoms with E-state index in [4.69, 9.17) is 4.74 Å². The second kappa shape index (κ2) is 7.15. The molecule has 2 aliphatic heterocycles. The fourth-order valence-electron chi connectivity index (χ4n) is 4.50. The Morgan fingerprint density at radius 3 is 2.79 bits per heavy atom. The van der Waals surface area contributed by atoms with Gasteiger partial charge in [0.25, 0.3) is 0 Å². The first-order valence-corrected chi connectivity index (χ1v) is 10.1. The van der Waals surface area contributed by atoms with Crippen molar-refractivity contribution in [3.8, 4) is 0 Å². The van der Waals surface area contributed by atoms with Crippen LogP contribution < -0.4 is 4.90 Å². The molecule has 7 nitrogen and oxygen atoms in total. The van der Waals surface area contributed by atoms with Crippen LogP contribution in [0.4, 0.5) is 5.82 Å². The molecule has 150 valence electrons. The first-order chi connectivity index (χ1) is 14.1. The van der Waals surface area contributed by atoms with Gasteiger partial charge in [0, 0.05) is 37.0 Å². The van der Waals surface area contributed by atoms with Crippen molar-refractivity contribution in [3.63, 3.8) is 0 Å². The van der Waals surface area contributed by atoms with E-state index in [0.29, 0.717) is 19.6 Å². The molecule has 2 fully saturated rings. The molecule has 29 heavy (non-hydrogen) atoms. The third-order valence-corrected chi connectivity index (χ3v) is 6.08. The van der Waals surface area contributed by atoms with E-state index in [0.717, 1.165) is 41.4 Å². The van der Waals surface area contributed by atoms with Gasteiger partial charge in [-0.3, -0.25) is 4.79 Å². The Morgan fingerprint density at radius 2 is 1.97 bits per heavy atom. The smallest absolute Gasteiger partial charge is 0.225 e. The third-order valence-electron chi connectivity index (χ3n) is 6.08. The minimum Gasteiger partial charge on any atom is -0.374 e. The molecule has 3 aromatic rings. The molecule has 0 saturated carbocycles. The molecule has 0 bridgehead atoms. The molecule has 7 heteroatoms. The summed E-state index contributed by atoms with van der Waals surface area (Å²) in [6.07, 6.45) is 2.21. The maximum absolute atomic E-state index is 12.9. The van der Waals surface area contributed by atoms with E-state index < -0.39 is 0 Å². The molecule has 2 saturated heterocycles. The van der Waals surface area contributed by atoms with E-state index in [-0.39, 0.29) is 18.1 Å². The molecule has 1 aromatic carbocycles. The van der Waals surface area contributed by atoms with Crippen LogP contribution >= 0.6 is 0 Å². The zero-order valence-electron chi connectivity index (χ0n) is 16.8. The molecule has 2 aliphatic rings. The Balaban J connectivity index is 1.49. The highest BCUT2D eigenvalue weighted by Gasteiger charge is 2.42. The lowest BCUT2D eigenvalue weighted by atomic mass is 10.1. The number of ether oxygens (including phenoxy) is 1. The molecule has 0 N–H and O–H groups in total. The molecular weight excluding hydrogens is 366 g/mol. The molecule has 2 aromatic heterocycles. The molecule has 0 radical (unpaired) electrons. The van der Waals surface area contributed by atoms with Gasteiger partial charge >= 0.3 is 0 Å². The van der Waals surface area contributed by atoms with E-state index in [9.17, 15) is 4.79 Å². The van der Waals surface area contributed by atoms with Gasteiger partial charge in [-0.2, -0.15) is 9.61 Å². The van der Waals surface area contributed by atoms with Crippen LogP contribution in [0, 0.1) is 13.8 Å². The van der Waals surface area contributed by atoms with Crippen molar-refractivity contribution in [2.75, 3.05) is 24.6 Å². The van der Waals surface area contributed by atoms with Crippen LogP contribution in [-0.4, -0.2) is 57.2 Å². The zero-order chi connectivity index (χ0) is 20.0. The maximum atomic E-state index is 12.9. The van der Waals surface area contributed by atoms with Crippen LogP contribution in [0.1, 0.15) is 23.2 Å². The molecule has 2 atom stereocenters. The number of amides is 1. The summed E-state index contributed by atoms with van der Waals surface area (Å²) in [5.74, 6) is 1.20. The predicted octanol–water partition coefficient (Wildman–Crippen LogP) is 2.35. The van der Waals surface area contributed by atoms with Gasteiger partial charge in [0.1, 0.15) is 5.82 Å². The Bertz CT molecular complexity index is 1050. The summed E-state index contributed by atoms with van der Waals surface area (Å²) in [5, 5.41) is 4.49.